The van der Waals surface area contributed by atoms with Crippen molar-refractivity contribution < 1.29 is 13.2 Å². The number of aromatic nitrogens is 1. The molecule has 1 heterocycles. The van der Waals surface area contributed by atoms with Crippen LogP contribution in [0, 0.1) is 0 Å². The van der Waals surface area contributed by atoms with E-state index in [0.717, 1.165) is 23.4 Å². The van der Waals surface area contributed by atoms with Gasteiger partial charge in [-0.15, -0.1) is 0 Å². The van der Waals surface area contributed by atoms with Gasteiger partial charge in [0, 0.05) is 24.7 Å². The Balaban J connectivity index is 1.79. The van der Waals surface area contributed by atoms with E-state index in [1.807, 2.05) is 0 Å². The van der Waals surface area contributed by atoms with Gasteiger partial charge in [0.15, 0.2) is 0 Å². The van der Waals surface area contributed by atoms with Crippen LogP contribution >= 0.6 is 11.6 Å². The van der Waals surface area contributed by atoms with E-state index in [1.165, 1.54) is 0 Å². The molecule has 0 saturated heterocycles. The summed E-state index contributed by atoms with van der Waals surface area (Å²) in [5.41, 5.74) is 4.56. The first kappa shape index (κ1) is 20.7. The second kappa shape index (κ2) is 8.53. The highest BCUT2D eigenvalue weighted by Crippen LogP contribution is 2.33. The van der Waals surface area contributed by atoms with Crippen molar-refractivity contribution in [2.75, 3.05) is 24.4 Å². The van der Waals surface area contributed by atoms with Gasteiger partial charge in [-0.1, -0.05) is 35.9 Å². The number of nitrogens with zero attached hydrogens (tertiary/aromatic N) is 3. The van der Waals surface area contributed by atoms with Crippen molar-refractivity contribution >= 4 is 29.3 Å². The van der Waals surface area contributed by atoms with Gasteiger partial charge in [-0.3, -0.25) is 5.43 Å². The van der Waals surface area contributed by atoms with Crippen molar-refractivity contribution in [1.29, 1.82) is 0 Å². The van der Waals surface area contributed by atoms with Crippen LogP contribution in [0.5, 0.6) is 0 Å². The standard InChI is InChI=1S/C21H18ClF3N4/c1-29(2)20-12-16(21(23,24)25)11-19(27-20)15-5-3-14(4-6-15)13-26-28-18-9-7-17(22)8-10-18/h3-13,28H,1-2H3/b26-13+. The molecule has 150 valence electrons. The fraction of sp³-hybridized carbons (Fsp3) is 0.143. The molecule has 0 aliphatic heterocycles. The molecule has 0 radical (unpaired) electrons. The van der Waals surface area contributed by atoms with Crippen LogP contribution in [-0.4, -0.2) is 25.3 Å². The molecule has 1 N–H and O–H groups in total. The van der Waals surface area contributed by atoms with Crippen molar-refractivity contribution in [3.63, 3.8) is 0 Å². The van der Waals surface area contributed by atoms with Crippen LogP contribution in [0.15, 0.2) is 65.8 Å². The molecule has 0 aliphatic carbocycles. The summed E-state index contributed by atoms with van der Waals surface area (Å²) in [6.45, 7) is 0. The van der Waals surface area contributed by atoms with Gasteiger partial charge in [0.1, 0.15) is 5.82 Å². The van der Waals surface area contributed by atoms with Gasteiger partial charge in [0.25, 0.3) is 0 Å². The largest absolute Gasteiger partial charge is 0.416 e. The van der Waals surface area contributed by atoms with Gasteiger partial charge in [-0.25, -0.2) is 4.98 Å². The van der Waals surface area contributed by atoms with Crippen LogP contribution < -0.4 is 10.3 Å². The summed E-state index contributed by atoms with van der Waals surface area (Å²) in [6.07, 6.45) is -2.83. The number of pyridine rings is 1. The summed E-state index contributed by atoms with van der Waals surface area (Å²) in [5.74, 6) is 0.243. The first-order valence-corrected chi connectivity index (χ1v) is 9.02. The Bertz CT molecular complexity index is 998. The average molecular weight is 419 g/mol. The molecule has 0 amide bonds. The number of hydrazone groups is 1. The number of alkyl halides is 3. The van der Waals surface area contributed by atoms with E-state index in [1.54, 1.807) is 73.7 Å². The number of rotatable bonds is 5. The van der Waals surface area contributed by atoms with Crippen LogP contribution in [0.4, 0.5) is 24.7 Å². The quantitative estimate of drug-likeness (QED) is 0.412. The minimum Gasteiger partial charge on any atom is -0.363 e. The molecule has 0 saturated carbocycles. The molecule has 0 fully saturated rings. The van der Waals surface area contributed by atoms with E-state index in [9.17, 15) is 13.2 Å². The SMILES string of the molecule is CN(C)c1cc(C(F)(F)F)cc(-c2ccc(/C=N/Nc3ccc(Cl)cc3)cc2)n1. The third-order valence-electron chi connectivity index (χ3n) is 4.06. The second-order valence-electron chi connectivity index (χ2n) is 6.49. The number of hydrogen-bond acceptors (Lipinski definition) is 4. The third-order valence-corrected chi connectivity index (χ3v) is 4.31. The summed E-state index contributed by atoms with van der Waals surface area (Å²) in [4.78, 5) is 5.87. The minimum absolute atomic E-state index is 0.243. The van der Waals surface area contributed by atoms with Crippen molar-refractivity contribution in [2.45, 2.75) is 6.18 Å². The normalized spacial score (nSPS) is 11.7. The lowest BCUT2D eigenvalue weighted by atomic mass is 10.1. The Kier molecular flexibility index (Phi) is 6.08. The van der Waals surface area contributed by atoms with Crippen molar-refractivity contribution in [2.24, 2.45) is 5.10 Å². The zero-order chi connectivity index (χ0) is 21.0. The molecule has 0 bridgehead atoms. The van der Waals surface area contributed by atoms with Crippen LogP contribution in [0.3, 0.4) is 0 Å². The summed E-state index contributed by atoms with van der Waals surface area (Å²) >= 11 is 5.83. The molecular weight excluding hydrogens is 401 g/mol. The first-order chi connectivity index (χ1) is 13.7. The highest BCUT2D eigenvalue weighted by molar-refractivity contribution is 6.30. The fourth-order valence-corrected chi connectivity index (χ4v) is 2.63. The zero-order valence-electron chi connectivity index (χ0n) is 15.7. The van der Waals surface area contributed by atoms with Crippen LogP contribution in [0.2, 0.25) is 5.02 Å². The van der Waals surface area contributed by atoms with Crippen LogP contribution in [0.1, 0.15) is 11.1 Å². The molecule has 0 atom stereocenters. The molecular formula is C21H18ClF3N4. The van der Waals surface area contributed by atoms with Crippen LogP contribution in [-0.2, 0) is 6.18 Å². The average Bonchev–Trinajstić information content (AvgIpc) is 2.69. The number of anilines is 2. The van der Waals surface area contributed by atoms with E-state index >= 15 is 0 Å². The maximum atomic E-state index is 13.2. The summed E-state index contributed by atoms with van der Waals surface area (Å²) in [7, 11) is 3.30. The lowest BCUT2D eigenvalue weighted by molar-refractivity contribution is -0.137. The molecule has 0 unspecified atom stereocenters. The predicted molar refractivity (Wildman–Crippen MR) is 112 cm³/mol. The highest BCUT2D eigenvalue weighted by Gasteiger charge is 2.32. The van der Waals surface area contributed by atoms with E-state index < -0.39 is 11.7 Å². The first-order valence-electron chi connectivity index (χ1n) is 8.64. The number of benzene rings is 2. The molecule has 4 nitrogen and oxygen atoms in total. The highest BCUT2D eigenvalue weighted by atomic mass is 35.5. The Morgan fingerprint density at radius 3 is 2.24 bits per heavy atom. The van der Waals surface area contributed by atoms with Gasteiger partial charge >= 0.3 is 6.18 Å². The van der Waals surface area contributed by atoms with Gasteiger partial charge in [-0.2, -0.15) is 18.3 Å². The number of hydrogen-bond donors (Lipinski definition) is 1. The van der Waals surface area contributed by atoms with Gasteiger partial charge in [-0.05, 0) is 42.0 Å². The van der Waals surface area contributed by atoms with Crippen molar-refractivity contribution in [1.82, 2.24) is 4.98 Å². The van der Waals surface area contributed by atoms with E-state index in [4.69, 9.17) is 11.6 Å². The van der Waals surface area contributed by atoms with E-state index in [0.29, 0.717) is 10.6 Å². The van der Waals surface area contributed by atoms with E-state index in [-0.39, 0.29) is 11.5 Å². The second-order valence-corrected chi connectivity index (χ2v) is 6.93. The van der Waals surface area contributed by atoms with Crippen LogP contribution in [0.25, 0.3) is 11.3 Å². The summed E-state index contributed by atoms with van der Waals surface area (Å²) < 4.78 is 39.6. The van der Waals surface area contributed by atoms with Gasteiger partial charge < -0.3 is 4.90 Å². The molecule has 29 heavy (non-hydrogen) atoms. The zero-order valence-corrected chi connectivity index (χ0v) is 16.5. The lowest BCUT2D eigenvalue weighted by Crippen LogP contribution is -2.14. The molecule has 3 rings (SSSR count). The molecule has 0 spiro atoms. The minimum atomic E-state index is -4.44. The fourth-order valence-electron chi connectivity index (χ4n) is 2.50. The third kappa shape index (κ3) is 5.48. The maximum Gasteiger partial charge on any atom is 0.416 e. The lowest BCUT2D eigenvalue weighted by Gasteiger charge is -2.16. The topological polar surface area (TPSA) is 40.5 Å². The van der Waals surface area contributed by atoms with E-state index in [2.05, 4.69) is 15.5 Å². The smallest absolute Gasteiger partial charge is 0.363 e. The molecule has 8 heteroatoms. The molecule has 0 aliphatic rings. The number of nitrogens with one attached hydrogen (secondary N) is 1. The number of halogens is 4. The monoisotopic (exact) mass is 418 g/mol. The van der Waals surface area contributed by atoms with Gasteiger partial charge in [0.05, 0.1) is 23.2 Å². The molecule has 1 aromatic heterocycles. The summed E-state index contributed by atoms with van der Waals surface area (Å²) in [6, 6.07) is 16.1. The molecule has 2 aromatic carbocycles. The van der Waals surface area contributed by atoms with Gasteiger partial charge in [0.2, 0.25) is 0 Å². The molecule has 3 aromatic rings. The van der Waals surface area contributed by atoms with Crippen molar-refractivity contribution in [3.05, 3.63) is 76.8 Å². The Hall–Kier alpha value is -3.06. The van der Waals surface area contributed by atoms with Crippen molar-refractivity contribution in [3.8, 4) is 11.3 Å². The Morgan fingerprint density at radius 1 is 1.00 bits per heavy atom. The Morgan fingerprint density at radius 2 is 1.66 bits per heavy atom. The maximum absolute atomic E-state index is 13.2. The summed E-state index contributed by atoms with van der Waals surface area (Å²) in [5, 5.41) is 4.77. The Labute approximate surface area is 171 Å². The predicted octanol–water partition coefficient (Wildman–Crippen LogP) is 5.93.